The molecule has 1 aliphatic rings. The number of carboxylic acid groups (broad SMARTS) is 1. The van der Waals surface area contributed by atoms with Crippen molar-refractivity contribution >= 4 is 17.6 Å². The number of rotatable bonds is 11. The number of aryl methyl sites for hydroxylation is 1. The van der Waals surface area contributed by atoms with Crippen LogP contribution in [0, 0.1) is 11.8 Å². The molecule has 0 atom stereocenters. The van der Waals surface area contributed by atoms with Crippen molar-refractivity contribution in [1.82, 2.24) is 20.2 Å². The fourth-order valence-electron chi connectivity index (χ4n) is 5.85. The molecule has 1 heterocycles. The number of carboxylic acids is 1. The van der Waals surface area contributed by atoms with Crippen LogP contribution in [-0.4, -0.2) is 50.5 Å². The second-order valence-electron chi connectivity index (χ2n) is 11.7. The number of hydrogen-bond donors (Lipinski definition) is 1. The molecule has 1 N–H and O–H groups in total. The Labute approximate surface area is 264 Å². The van der Waals surface area contributed by atoms with Crippen molar-refractivity contribution in [3.63, 3.8) is 0 Å². The van der Waals surface area contributed by atoms with E-state index in [1.165, 1.54) is 30.1 Å². The van der Waals surface area contributed by atoms with Crippen molar-refractivity contribution in [2.45, 2.75) is 70.6 Å². The van der Waals surface area contributed by atoms with Crippen LogP contribution < -0.4 is 9.80 Å². The van der Waals surface area contributed by atoms with Gasteiger partial charge in [-0.05, 0) is 84.7 Å². The lowest BCUT2D eigenvalue weighted by molar-refractivity contribution is -0.144. The van der Waals surface area contributed by atoms with Gasteiger partial charge in [-0.2, -0.15) is 44.3 Å². The third-order valence-corrected chi connectivity index (χ3v) is 8.11. The van der Waals surface area contributed by atoms with E-state index in [4.69, 9.17) is 0 Å². The van der Waals surface area contributed by atoms with Gasteiger partial charge in [-0.15, -0.1) is 5.10 Å². The van der Waals surface area contributed by atoms with Crippen LogP contribution in [0.5, 0.6) is 0 Å². The minimum Gasteiger partial charge on any atom is -0.481 e. The van der Waals surface area contributed by atoms with E-state index in [1.54, 1.807) is 0 Å². The van der Waals surface area contributed by atoms with Crippen molar-refractivity contribution in [2.24, 2.45) is 18.9 Å². The van der Waals surface area contributed by atoms with Crippen LogP contribution in [0.3, 0.4) is 0 Å². The average Bonchev–Trinajstić information content (AvgIpc) is 3.40. The number of aliphatic carboxylic acids is 1. The van der Waals surface area contributed by atoms with Gasteiger partial charge in [0.15, 0.2) is 0 Å². The molecule has 0 radical (unpaired) electrons. The van der Waals surface area contributed by atoms with Gasteiger partial charge in [0.05, 0.1) is 30.5 Å². The molecule has 4 rings (SSSR count). The monoisotopic (exact) mass is 680 g/mol. The van der Waals surface area contributed by atoms with Crippen LogP contribution >= 0.6 is 0 Å². The minimum absolute atomic E-state index is 0.0101. The first kappa shape index (κ1) is 35.8. The summed E-state index contributed by atoms with van der Waals surface area (Å²) in [6, 6.07) is 5.30. The van der Waals surface area contributed by atoms with E-state index < -0.39 is 54.5 Å². The van der Waals surface area contributed by atoms with E-state index >= 15 is 0 Å². The van der Waals surface area contributed by atoms with Gasteiger partial charge in [-0.25, -0.2) is 0 Å². The summed E-state index contributed by atoms with van der Waals surface area (Å²) in [5, 5.41) is 21.0. The lowest BCUT2D eigenvalue weighted by Crippen LogP contribution is -2.34. The number of nitrogens with zero attached hydrogens (tertiary/aromatic N) is 6. The summed E-state index contributed by atoms with van der Waals surface area (Å²) in [5.41, 5.74) is -2.69. The van der Waals surface area contributed by atoms with Gasteiger partial charge in [-0.1, -0.05) is 17.2 Å². The SMILES string of the molecule is CCN(C[C@H]1CC[C@H](C(=O)O)CC1)c1ccc(CC(F)(F)F)cc1CN(Cc1cc(C(F)(F)F)cc(C(F)(F)F)c1)c1nnn(C)n1. The molecule has 0 saturated heterocycles. The molecule has 0 unspecified atom stereocenters. The van der Waals surface area contributed by atoms with E-state index in [1.807, 2.05) is 11.8 Å². The molecule has 0 amide bonds. The Morgan fingerprint density at radius 2 is 1.49 bits per heavy atom. The summed E-state index contributed by atoms with van der Waals surface area (Å²) >= 11 is 0. The molecule has 47 heavy (non-hydrogen) atoms. The van der Waals surface area contributed by atoms with Crippen LogP contribution in [0.1, 0.15) is 60.4 Å². The van der Waals surface area contributed by atoms with Crippen LogP contribution in [0.4, 0.5) is 51.1 Å². The number of benzene rings is 2. The Hall–Kier alpha value is -4.05. The van der Waals surface area contributed by atoms with E-state index in [-0.39, 0.29) is 35.6 Å². The fourth-order valence-corrected chi connectivity index (χ4v) is 5.85. The predicted molar refractivity (Wildman–Crippen MR) is 152 cm³/mol. The molecular formula is C30H33F9N6O2. The van der Waals surface area contributed by atoms with Gasteiger partial charge in [-0.3, -0.25) is 4.79 Å². The number of aromatic nitrogens is 4. The van der Waals surface area contributed by atoms with E-state index in [9.17, 15) is 49.4 Å². The molecule has 1 aliphatic carbocycles. The van der Waals surface area contributed by atoms with Gasteiger partial charge < -0.3 is 14.9 Å². The Kier molecular flexibility index (Phi) is 10.6. The molecule has 17 heteroatoms. The highest BCUT2D eigenvalue weighted by Crippen LogP contribution is 2.38. The summed E-state index contributed by atoms with van der Waals surface area (Å²) in [4.78, 5) is 15.6. The third kappa shape index (κ3) is 9.73. The van der Waals surface area contributed by atoms with Gasteiger partial charge >= 0.3 is 24.5 Å². The van der Waals surface area contributed by atoms with Crippen LogP contribution in [-0.2, 0) is 43.7 Å². The van der Waals surface area contributed by atoms with Gasteiger partial charge in [0, 0.05) is 31.9 Å². The number of alkyl halides is 9. The highest BCUT2D eigenvalue weighted by Gasteiger charge is 2.37. The first-order valence-corrected chi connectivity index (χ1v) is 14.8. The zero-order chi connectivity index (χ0) is 34.7. The van der Waals surface area contributed by atoms with Crippen LogP contribution in [0.15, 0.2) is 36.4 Å². The normalized spacial score (nSPS) is 17.5. The largest absolute Gasteiger partial charge is 0.481 e. The summed E-state index contributed by atoms with van der Waals surface area (Å²) in [7, 11) is 1.40. The smallest absolute Gasteiger partial charge is 0.416 e. The predicted octanol–water partition coefficient (Wildman–Crippen LogP) is 7.28. The van der Waals surface area contributed by atoms with Crippen molar-refractivity contribution < 1.29 is 49.4 Å². The van der Waals surface area contributed by atoms with Gasteiger partial charge in [0.25, 0.3) is 5.95 Å². The lowest BCUT2D eigenvalue weighted by atomic mass is 9.81. The average molecular weight is 681 g/mol. The Morgan fingerprint density at radius 3 is 1.98 bits per heavy atom. The molecular weight excluding hydrogens is 647 g/mol. The number of tetrazole rings is 1. The quantitative estimate of drug-likeness (QED) is 0.213. The maximum atomic E-state index is 13.6. The standard InChI is InChI=1S/C30H33F9N6O2/c1-3-44(15-18-4-7-21(8-5-18)26(46)47)25-9-6-19(14-28(31,32)33)10-22(25)17-45(27-40-42-43(2)41-27)16-20-11-23(29(34,35)36)13-24(12-20)30(37,38)39/h6,9-13,18,21H,3-5,7-8,14-17H2,1-2H3,(H,46,47)/t18-,21-. The summed E-state index contributed by atoms with van der Waals surface area (Å²) in [6.07, 6.45) is -13.8. The van der Waals surface area contributed by atoms with Gasteiger partial charge in [0.1, 0.15) is 0 Å². The highest BCUT2D eigenvalue weighted by molar-refractivity contribution is 5.70. The van der Waals surface area contributed by atoms with E-state index in [0.717, 1.165) is 4.80 Å². The highest BCUT2D eigenvalue weighted by atomic mass is 19.4. The molecule has 0 bridgehead atoms. The Morgan fingerprint density at radius 1 is 0.872 bits per heavy atom. The van der Waals surface area contributed by atoms with E-state index in [2.05, 4.69) is 15.4 Å². The number of anilines is 2. The Bertz CT molecular complexity index is 1500. The van der Waals surface area contributed by atoms with Crippen molar-refractivity contribution in [3.8, 4) is 0 Å². The minimum atomic E-state index is -5.09. The molecule has 2 aromatic carbocycles. The first-order chi connectivity index (χ1) is 21.8. The number of hydrogen-bond acceptors (Lipinski definition) is 6. The van der Waals surface area contributed by atoms with Crippen molar-refractivity contribution in [3.05, 3.63) is 64.2 Å². The second-order valence-corrected chi connectivity index (χ2v) is 11.7. The third-order valence-electron chi connectivity index (χ3n) is 8.11. The maximum absolute atomic E-state index is 13.6. The lowest BCUT2D eigenvalue weighted by Gasteiger charge is -2.34. The first-order valence-electron chi connectivity index (χ1n) is 14.8. The molecule has 0 aliphatic heterocycles. The summed E-state index contributed by atoms with van der Waals surface area (Å²) < 4.78 is 122. The number of halogens is 9. The topological polar surface area (TPSA) is 87.4 Å². The molecule has 1 fully saturated rings. The molecule has 8 nitrogen and oxygen atoms in total. The zero-order valence-electron chi connectivity index (χ0n) is 25.4. The number of carbonyl (C=O) groups is 1. The Balaban J connectivity index is 1.74. The summed E-state index contributed by atoms with van der Waals surface area (Å²) in [5.74, 6) is -1.38. The second kappa shape index (κ2) is 14.0. The fraction of sp³-hybridized carbons (Fsp3) is 0.533. The van der Waals surface area contributed by atoms with Crippen LogP contribution in [0.2, 0.25) is 0 Å². The van der Waals surface area contributed by atoms with E-state index in [0.29, 0.717) is 62.2 Å². The van der Waals surface area contributed by atoms with Crippen molar-refractivity contribution in [1.29, 1.82) is 0 Å². The molecule has 0 spiro atoms. The van der Waals surface area contributed by atoms with Crippen molar-refractivity contribution in [2.75, 3.05) is 22.9 Å². The maximum Gasteiger partial charge on any atom is 0.416 e. The molecule has 3 aromatic rings. The zero-order valence-corrected chi connectivity index (χ0v) is 25.4. The molecule has 258 valence electrons. The van der Waals surface area contributed by atoms with Gasteiger partial charge in [0.2, 0.25) is 0 Å². The molecule has 1 saturated carbocycles. The summed E-state index contributed by atoms with van der Waals surface area (Å²) in [6.45, 7) is 1.86. The van der Waals surface area contributed by atoms with Crippen LogP contribution in [0.25, 0.3) is 0 Å². The molecule has 1 aromatic heterocycles.